The molecule has 0 bridgehead atoms. The van der Waals surface area contributed by atoms with Gasteiger partial charge in [-0.25, -0.2) is 0 Å². The summed E-state index contributed by atoms with van der Waals surface area (Å²) >= 11 is 0. The molecule has 0 amide bonds. The molecule has 0 radical (unpaired) electrons. The van der Waals surface area contributed by atoms with Crippen LogP contribution in [0.4, 0.5) is 11.4 Å². The zero-order valence-electron chi connectivity index (χ0n) is 13.3. The Morgan fingerprint density at radius 1 is 1.33 bits per heavy atom. The monoisotopic (exact) mass is 323 g/mol. The van der Waals surface area contributed by atoms with Crippen LogP contribution in [0.2, 0.25) is 0 Å². The second-order valence-electron chi connectivity index (χ2n) is 5.73. The molecular weight excluding hydrogens is 306 g/mol. The van der Waals surface area contributed by atoms with E-state index in [0.717, 1.165) is 11.1 Å². The minimum absolute atomic E-state index is 0.0421. The highest BCUT2D eigenvalue weighted by Gasteiger charge is 2.27. The van der Waals surface area contributed by atoms with E-state index >= 15 is 0 Å². The SMILES string of the molecule is Cc1ccccc1C1CN(c2ccc(C#N)cc2[N+](=O)[O-])CCO1. The fraction of sp³-hybridized carbons (Fsp3) is 0.278. The van der Waals surface area contributed by atoms with Crippen LogP contribution in [0.25, 0.3) is 0 Å². The van der Waals surface area contributed by atoms with E-state index in [0.29, 0.717) is 25.4 Å². The van der Waals surface area contributed by atoms with Gasteiger partial charge in [-0.1, -0.05) is 24.3 Å². The molecule has 1 aliphatic rings. The molecule has 1 aliphatic heterocycles. The maximum atomic E-state index is 11.4. The molecule has 24 heavy (non-hydrogen) atoms. The van der Waals surface area contributed by atoms with Crippen LogP contribution >= 0.6 is 0 Å². The summed E-state index contributed by atoms with van der Waals surface area (Å²) in [6.07, 6.45) is -0.129. The quantitative estimate of drug-likeness (QED) is 0.639. The molecule has 0 aliphatic carbocycles. The van der Waals surface area contributed by atoms with Gasteiger partial charge in [0.25, 0.3) is 5.69 Å². The third kappa shape index (κ3) is 3.07. The van der Waals surface area contributed by atoms with Gasteiger partial charge in [0.2, 0.25) is 0 Å². The second-order valence-corrected chi connectivity index (χ2v) is 5.73. The van der Waals surface area contributed by atoms with Gasteiger partial charge in [-0.05, 0) is 30.2 Å². The average Bonchev–Trinajstić information content (AvgIpc) is 2.61. The first-order valence-corrected chi connectivity index (χ1v) is 7.71. The number of hydrogen-bond acceptors (Lipinski definition) is 5. The summed E-state index contributed by atoms with van der Waals surface area (Å²) in [5.74, 6) is 0. The van der Waals surface area contributed by atoms with Gasteiger partial charge >= 0.3 is 0 Å². The molecular formula is C18H17N3O3. The van der Waals surface area contributed by atoms with Crippen LogP contribution in [-0.4, -0.2) is 24.6 Å². The lowest BCUT2D eigenvalue weighted by atomic mass is 10.0. The molecule has 1 heterocycles. The number of morpholine rings is 1. The number of aryl methyl sites for hydroxylation is 1. The Morgan fingerprint density at radius 2 is 2.12 bits per heavy atom. The van der Waals surface area contributed by atoms with Gasteiger partial charge in [0.05, 0.1) is 23.2 Å². The highest BCUT2D eigenvalue weighted by Crippen LogP contribution is 2.33. The Balaban J connectivity index is 1.92. The molecule has 1 saturated heterocycles. The number of nitrogens with zero attached hydrogens (tertiary/aromatic N) is 3. The van der Waals surface area contributed by atoms with Crippen LogP contribution in [0.1, 0.15) is 22.8 Å². The third-order valence-corrected chi connectivity index (χ3v) is 4.24. The number of hydrogen-bond donors (Lipinski definition) is 0. The van der Waals surface area contributed by atoms with Crippen molar-refractivity contribution in [2.24, 2.45) is 0 Å². The normalized spacial score (nSPS) is 17.3. The number of anilines is 1. The minimum Gasteiger partial charge on any atom is -0.370 e. The Morgan fingerprint density at radius 3 is 2.83 bits per heavy atom. The van der Waals surface area contributed by atoms with Crippen molar-refractivity contribution in [3.05, 3.63) is 69.3 Å². The average molecular weight is 323 g/mol. The van der Waals surface area contributed by atoms with Gasteiger partial charge in [0.1, 0.15) is 11.8 Å². The van der Waals surface area contributed by atoms with E-state index in [-0.39, 0.29) is 17.4 Å². The van der Waals surface area contributed by atoms with Crippen molar-refractivity contribution in [3.63, 3.8) is 0 Å². The molecule has 0 saturated carbocycles. The first kappa shape index (κ1) is 16.0. The van der Waals surface area contributed by atoms with E-state index < -0.39 is 4.92 Å². The predicted molar refractivity (Wildman–Crippen MR) is 89.9 cm³/mol. The van der Waals surface area contributed by atoms with Crippen LogP contribution in [0.3, 0.4) is 0 Å². The molecule has 2 aromatic carbocycles. The van der Waals surface area contributed by atoms with Gasteiger partial charge in [-0.15, -0.1) is 0 Å². The van der Waals surface area contributed by atoms with E-state index in [1.54, 1.807) is 12.1 Å². The first-order chi connectivity index (χ1) is 11.6. The Hall–Kier alpha value is -2.91. The Bertz CT molecular complexity index is 813. The first-order valence-electron chi connectivity index (χ1n) is 7.71. The molecule has 3 rings (SSSR count). The maximum absolute atomic E-state index is 11.4. The summed E-state index contributed by atoms with van der Waals surface area (Å²) in [7, 11) is 0. The van der Waals surface area contributed by atoms with Crippen LogP contribution in [0.15, 0.2) is 42.5 Å². The number of nitro benzene ring substituents is 1. The van der Waals surface area contributed by atoms with Crippen LogP contribution in [-0.2, 0) is 4.74 Å². The standard InChI is InChI=1S/C18H17N3O3/c1-13-4-2-3-5-15(13)18-12-20(8-9-24-18)16-7-6-14(11-19)10-17(16)21(22)23/h2-7,10,18H,8-9,12H2,1H3. The van der Waals surface area contributed by atoms with Gasteiger partial charge in [0, 0.05) is 19.2 Å². The van der Waals surface area contributed by atoms with E-state index in [1.807, 2.05) is 42.2 Å². The molecule has 6 nitrogen and oxygen atoms in total. The highest BCUT2D eigenvalue weighted by molar-refractivity contribution is 5.66. The number of nitriles is 1. The van der Waals surface area contributed by atoms with E-state index in [1.165, 1.54) is 6.07 Å². The van der Waals surface area contributed by atoms with Crippen molar-refractivity contribution in [1.82, 2.24) is 0 Å². The number of rotatable bonds is 3. The molecule has 122 valence electrons. The molecule has 6 heteroatoms. The summed E-state index contributed by atoms with van der Waals surface area (Å²) in [4.78, 5) is 12.9. The Labute approximate surface area is 140 Å². The zero-order chi connectivity index (χ0) is 17.1. The van der Waals surface area contributed by atoms with Crippen molar-refractivity contribution >= 4 is 11.4 Å². The summed E-state index contributed by atoms with van der Waals surface area (Å²) in [5, 5.41) is 20.3. The van der Waals surface area contributed by atoms with Crippen molar-refractivity contribution in [2.45, 2.75) is 13.0 Å². The zero-order valence-corrected chi connectivity index (χ0v) is 13.3. The summed E-state index contributed by atoms with van der Waals surface area (Å²) in [6, 6.07) is 14.5. The lowest BCUT2D eigenvalue weighted by molar-refractivity contribution is -0.384. The molecule has 0 spiro atoms. The smallest absolute Gasteiger partial charge is 0.293 e. The predicted octanol–water partition coefficient (Wildman–Crippen LogP) is 3.35. The van der Waals surface area contributed by atoms with E-state index in [4.69, 9.17) is 10.00 Å². The van der Waals surface area contributed by atoms with E-state index in [9.17, 15) is 10.1 Å². The summed E-state index contributed by atoms with van der Waals surface area (Å²) in [6.45, 7) is 3.64. The summed E-state index contributed by atoms with van der Waals surface area (Å²) in [5.41, 5.74) is 3.01. The van der Waals surface area contributed by atoms with Gasteiger partial charge in [-0.3, -0.25) is 10.1 Å². The molecule has 2 aromatic rings. The molecule has 0 aromatic heterocycles. The highest BCUT2D eigenvalue weighted by atomic mass is 16.6. The molecule has 0 N–H and O–H groups in total. The van der Waals surface area contributed by atoms with Crippen molar-refractivity contribution in [2.75, 3.05) is 24.6 Å². The van der Waals surface area contributed by atoms with Crippen molar-refractivity contribution in [1.29, 1.82) is 5.26 Å². The number of benzene rings is 2. The van der Waals surface area contributed by atoms with Crippen molar-refractivity contribution in [3.8, 4) is 6.07 Å². The van der Waals surface area contributed by atoms with Crippen LogP contribution < -0.4 is 4.90 Å². The largest absolute Gasteiger partial charge is 0.370 e. The van der Waals surface area contributed by atoms with Gasteiger partial charge in [-0.2, -0.15) is 5.26 Å². The van der Waals surface area contributed by atoms with Crippen LogP contribution in [0.5, 0.6) is 0 Å². The number of ether oxygens (including phenoxy) is 1. The lowest BCUT2D eigenvalue weighted by Crippen LogP contribution is -2.38. The van der Waals surface area contributed by atoms with E-state index in [2.05, 4.69) is 0 Å². The van der Waals surface area contributed by atoms with Crippen LogP contribution in [0, 0.1) is 28.4 Å². The maximum Gasteiger partial charge on any atom is 0.293 e. The fourth-order valence-corrected chi connectivity index (χ4v) is 3.01. The van der Waals surface area contributed by atoms with Gasteiger partial charge < -0.3 is 9.64 Å². The summed E-state index contributed by atoms with van der Waals surface area (Å²) < 4.78 is 5.88. The fourth-order valence-electron chi connectivity index (χ4n) is 3.01. The van der Waals surface area contributed by atoms with Gasteiger partial charge in [0.15, 0.2) is 0 Å². The second kappa shape index (κ2) is 6.69. The third-order valence-electron chi connectivity index (χ3n) is 4.24. The molecule has 1 atom stereocenters. The minimum atomic E-state index is -0.436. The van der Waals surface area contributed by atoms with Crippen molar-refractivity contribution < 1.29 is 9.66 Å². The Kier molecular flexibility index (Phi) is 4.45. The topological polar surface area (TPSA) is 79.4 Å². The number of nitro groups is 1. The molecule has 1 fully saturated rings. The lowest BCUT2D eigenvalue weighted by Gasteiger charge is -2.35. The molecule has 1 unspecified atom stereocenters.